The van der Waals surface area contributed by atoms with Gasteiger partial charge in [0, 0.05) is 35.6 Å². The summed E-state index contributed by atoms with van der Waals surface area (Å²) in [6, 6.07) is 3.89. The van der Waals surface area contributed by atoms with Gasteiger partial charge in [0.05, 0.1) is 35.4 Å². The minimum absolute atomic E-state index is 0.127. The van der Waals surface area contributed by atoms with E-state index < -0.39 is 6.17 Å². The van der Waals surface area contributed by atoms with Crippen LogP contribution < -0.4 is 5.32 Å². The molecular weight excluding hydrogens is 405 g/mol. The molecule has 1 unspecified atom stereocenters. The molecule has 3 aromatic rings. The number of hydrogen-bond acceptors (Lipinski definition) is 4. The average molecular weight is 432 g/mol. The first-order valence-corrected chi connectivity index (χ1v) is 11.5. The summed E-state index contributed by atoms with van der Waals surface area (Å²) in [5, 5.41) is 7.45. The summed E-state index contributed by atoms with van der Waals surface area (Å²) in [5.41, 5.74) is 6.34. The van der Waals surface area contributed by atoms with Crippen molar-refractivity contribution in [1.29, 1.82) is 0 Å². The Kier molecular flexibility index (Phi) is 4.42. The van der Waals surface area contributed by atoms with E-state index in [-0.39, 0.29) is 5.91 Å². The maximum Gasteiger partial charge on any atom is 0.253 e. The molecule has 32 heavy (non-hydrogen) atoms. The summed E-state index contributed by atoms with van der Waals surface area (Å²) in [6.07, 6.45) is 10.8. The summed E-state index contributed by atoms with van der Waals surface area (Å²) in [5.74, 6) is -0.127. The molecule has 3 aliphatic rings. The van der Waals surface area contributed by atoms with Crippen molar-refractivity contribution in [3.8, 4) is 22.4 Å². The van der Waals surface area contributed by atoms with Crippen molar-refractivity contribution in [3.63, 3.8) is 0 Å². The Morgan fingerprint density at radius 2 is 2.03 bits per heavy atom. The van der Waals surface area contributed by atoms with Gasteiger partial charge in [0.1, 0.15) is 6.17 Å². The molecule has 2 aliphatic carbocycles. The molecule has 0 aromatic carbocycles. The van der Waals surface area contributed by atoms with Gasteiger partial charge in [-0.3, -0.25) is 14.5 Å². The van der Waals surface area contributed by atoms with Crippen LogP contribution >= 0.6 is 0 Å². The maximum atomic E-state index is 14.5. The molecule has 164 valence electrons. The van der Waals surface area contributed by atoms with Gasteiger partial charge in [0.25, 0.3) is 5.91 Å². The monoisotopic (exact) mass is 431 g/mol. The molecule has 0 spiro atoms. The molecule has 4 heterocycles. The number of nitrogens with one attached hydrogen (secondary N) is 1. The number of amides is 1. The molecule has 1 N–H and O–H groups in total. The Balaban J connectivity index is 1.44. The predicted molar refractivity (Wildman–Crippen MR) is 119 cm³/mol. The van der Waals surface area contributed by atoms with Crippen molar-refractivity contribution in [3.05, 3.63) is 53.2 Å². The molecule has 6 nitrogen and oxygen atoms in total. The van der Waals surface area contributed by atoms with Crippen molar-refractivity contribution in [2.75, 3.05) is 0 Å². The number of carbonyl (C=O) groups excluding carboxylic acids is 1. The Morgan fingerprint density at radius 1 is 1.19 bits per heavy atom. The van der Waals surface area contributed by atoms with E-state index in [0.717, 1.165) is 34.5 Å². The molecule has 0 saturated heterocycles. The highest BCUT2D eigenvalue weighted by Crippen LogP contribution is 2.41. The van der Waals surface area contributed by atoms with Crippen LogP contribution in [0, 0.1) is 5.41 Å². The number of aryl methyl sites for hydroxylation is 1. The van der Waals surface area contributed by atoms with Gasteiger partial charge < -0.3 is 5.32 Å². The van der Waals surface area contributed by atoms with Crippen LogP contribution in [0.15, 0.2) is 30.7 Å². The van der Waals surface area contributed by atoms with Gasteiger partial charge in [-0.1, -0.05) is 19.8 Å². The number of halogens is 1. The Morgan fingerprint density at radius 3 is 2.88 bits per heavy atom. The van der Waals surface area contributed by atoms with Gasteiger partial charge >= 0.3 is 0 Å². The fraction of sp³-hybridized carbons (Fsp3) is 0.440. The van der Waals surface area contributed by atoms with Crippen LogP contribution in [0.4, 0.5) is 4.39 Å². The van der Waals surface area contributed by atoms with E-state index in [1.165, 1.54) is 25.7 Å². The number of aromatic nitrogens is 4. The van der Waals surface area contributed by atoms with Crippen LogP contribution in [0.2, 0.25) is 0 Å². The Labute approximate surface area is 186 Å². The molecule has 0 radical (unpaired) electrons. The lowest BCUT2D eigenvalue weighted by molar-refractivity contribution is 0.0966. The lowest BCUT2D eigenvalue weighted by Crippen LogP contribution is -2.19. The van der Waals surface area contributed by atoms with Crippen molar-refractivity contribution < 1.29 is 9.18 Å². The van der Waals surface area contributed by atoms with E-state index in [9.17, 15) is 9.18 Å². The van der Waals surface area contributed by atoms with Gasteiger partial charge in [-0.2, -0.15) is 5.10 Å². The summed E-state index contributed by atoms with van der Waals surface area (Å²) < 4.78 is 16.6. The topological polar surface area (TPSA) is 72.7 Å². The number of nitrogens with zero attached hydrogens (tertiary/aromatic N) is 4. The first-order chi connectivity index (χ1) is 15.5. The third-order valence-electron chi connectivity index (χ3n) is 7.30. The van der Waals surface area contributed by atoms with E-state index in [1.54, 1.807) is 6.20 Å². The molecule has 3 aromatic heterocycles. The lowest BCUT2D eigenvalue weighted by atomic mass is 9.89. The van der Waals surface area contributed by atoms with E-state index in [2.05, 4.69) is 34.6 Å². The van der Waals surface area contributed by atoms with Crippen LogP contribution in [0.25, 0.3) is 22.4 Å². The van der Waals surface area contributed by atoms with Gasteiger partial charge in [-0.05, 0) is 48.8 Å². The second-order valence-electron chi connectivity index (χ2n) is 9.78. The molecule has 7 heteroatoms. The fourth-order valence-corrected chi connectivity index (χ4v) is 5.49. The fourth-order valence-electron chi connectivity index (χ4n) is 5.49. The molecule has 6 rings (SSSR count). The second kappa shape index (κ2) is 7.22. The highest BCUT2D eigenvalue weighted by Gasteiger charge is 2.30. The SMILES string of the molecule is CC1(Cn2cc(-c3cc4c(nc3-c3cnc5c(c3)C(=O)NC5)C(F)CC4)cn2)CCCC1. The Bertz CT molecular complexity index is 1230. The van der Waals surface area contributed by atoms with Crippen LogP contribution in [0.3, 0.4) is 0 Å². The molecule has 0 bridgehead atoms. The van der Waals surface area contributed by atoms with Crippen LogP contribution in [0.5, 0.6) is 0 Å². The number of fused-ring (bicyclic) bond motifs is 2. The third kappa shape index (κ3) is 3.22. The van der Waals surface area contributed by atoms with E-state index >= 15 is 0 Å². The Hall–Kier alpha value is -3.09. The minimum Gasteiger partial charge on any atom is -0.346 e. The zero-order valence-electron chi connectivity index (χ0n) is 18.2. The molecule has 1 saturated carbocycles. The van der Waals surface area contributed by atoms with Gasteiger partial charge in [-0.15, -0.1) is 0 Å². The van der Waals surface area contributed by atoms with Crippen molar-refractivity contribution in [1.82, 2.24) is 25.1 Å². The molecule has 1 atom stereocenters. The third-order valence-corrected chi connectivity index (χ3v) is 7.30. The summed E-state index contributed by atoms with van der Waals surface area (Å²) >= 11 is 0. The minimum atomic E-state index is -1.05. The highest BCUT2D eigenvalue weighted by atomic mass is 19.1. The van der Waals surface area contributed by atoms with Crippen molar-refractivity contribution >= 4 is 5.91 Å². The normalized spacial score (nSPS) is 20.9. The number of pyridine rings is 2. The van der Waals surface area contributed by atoms with E-state index in [0.29, 0.717) is 41.8 Å². The number of carbonyl (C=O) groups is 1. The number of hydrogen-bond donors (Lipinski definition) is 1. The van der Waals surface area contributed by atoms with Crippen LogP contribution in [-0.2, 0) is 19.5 Å². The zero-order valence-corrected chi connectivity index (χ0v) is 18.2. The molecular formula is C25H26FN5O. The first-order valence-electron chi connectivity index (χ1n) is 11.5. The van der Waals surface area contributed by atoms with E-state index in [1.807, 2.05) is 16.9 Å². The summed E-state index contributed by atoms with van der Waals surface area (Å²) in [4.78, 5) is 21.4. The highest BCUT2D eigenvalue weighted by molar-refractivity contribution is 5.99. The number of alkyl halides is 1. The maximum absolute atomic E-state index is 14.5. The van der Waals surface area contributed by atoms with Crippen LogP contribution in [-0.4, -0.2) is 25.7 Å². The van der Waals surface area contributed by atoms with Crippen LogP contribution in [0.1, 0.15) is 72.5 Å². The largest absolute Gasteiger partial charge is 0.346 e. The summed E-state index contributed by atoms with van der Waals surface area (Å²) in [6.45, 7) is 3.68. The van der Waals surface area contributed by atoms with Crippen molar-refractivity contribution in [2.45, 2.75) is 64.7 Å². The zero-order chi connectivity index (χ0) is 21.9. The van der Waals surface area contributed by atoms with Gasteiger partial charge in [-0.25, -0.2) is 9.37 Å². The second-order valence-corrected chi connectivity index (χ2v) is 9.78. The molecule has 1 amide bonds. The summed E-state index contributed by atoms with van der Waals surface area (Å²) in [7, 11) is 0. The first kappa shape index (κ1) is 19.6. The quantitative estimate of drug-likeness (QED) is 0.645. The molecule has 1 aliphatic heterocycles. The lowest BCUT2D eigenvalue weighted by Gasteiger charge is -2.23. The van der Waals surface area contributed by atoms with Gasteiger partial charge in [0.2, 0.25) is 0 Å². The molecule has 1 fully saturated rings. The average Bonchev–Trinajstić information content (AvgIpc) is 3.57. The predicted octanol–water partition coefficient (Wildman–Crippen LogP) is 4.79. The van der Waals surface area contributed by atoms with E-state index in [4.69, 9.17) is 4.98 Å². The smallest absolute Gasteiger partial charge is 0.253 e. The van der Waals surface area contributed by atoms with Crippen molar-refractivity contribution in [2.24, 2.45) is 5.41 Å². The number of rotatable bonds is 4. The standard InChI is InChI=1S/C25H26FN5O/c1-25(6-2-3-7-25)14-31-13-17(11-29-31)18-8-15-4-5-20(26)23(15)30-22(18)16-9-19-21(27-10-16)12-28-24(19)32/h8-11,13,20H,2-7,12,14H2,1H3,(H,28,32). The van der Waals surface area contributed by atoms with Gasteiger partial charge in [0.15, 0.2) is 0 Å².